The van der Waals surface area contributed by atoms with Crippen molar-refractivity contribution in [3.63, 3.8) is 0 Å². The minimum Gasteiger partial charge on any atom is -0.481 e. The van der Waals surface area contributed by atoms with E-state index in [-0.39, 0.29) is 24.4 Å². The zero-order chi connectivity index (χ0) is 20.6. The van der Waals surface area contributed by atoms with Crippen LogP contribution in [0.15, 0.2) is 48.7 Å². The number of halogens is 1. The first-order valence-electron chi connectivity index (χ1n) is 10.7. The minimum absolute atomic E-state index is 0. The lowest BCUT2D eigenvalue weighted by Gasteiger charge is -2.33. The van der Waals surface area contributed by atoms with Crippen molar-refractivity contribution in [1.82, 2.24) is 15.2 Å². The van der Waals surface area contributed by atoms with Gasteiger partial charge in [-0.25, -0.2) is 0 Å². The van der Waals surface area contributed by atoms with Gasteiger partial charge in [-0.1, -0.05) is 32.0 Å². The van der Waals surface area contributed by atoms with Crippen molar-refractivity contribution in [2.45, 2.75) is 64.6 Å². The summed E-state index contributed by atoms with van der Waals surface area (Å²) in [6, 6.07) is 14.1. The van der Waals surface area contributed by atoms with E-state index in [0.717, 1.165) is 43.8 Å². The highest BCUT2D eigenvalue weighted by molar-refractivity contribution is 5.85. The van der Waals surface area contributed by atoms with Gasteiger partial charge in [-0.15, -0.1) is 12.4 Å². The normalized spacial score (nSPS) is 17.5. The largest absolute Gasteiger partial charge is 0.481 e. The molecular weight excluding hydrogens is 398 g/mol. The molecule has 1 saturated heterocycles. The molecule has 0 saturated carbocycles. The second-order valence-electron chi connectivity index (χ2n) is 8.11. The van der Waals surface area contributed by atoms with Gasteiger partial charge in [-0.3, -0.25) is 9.78 Å². The molecule has 0 bridgehead atoms. The van der Waals surface area contributed by atoms with Crippen LogP contribution in [0, 0.1) is 0 Å². The van der Waals surface area contributed by atoms with Crippen molar-refractivity contribution in [1.29, 1.82) is 0 Å². The Bertz CT molecular complexity index is 777. The Labute approximate surface area is 186 Å². The molecule has 1 aliphatic rings. The molecule has 2 atom stereocenters. The highest BCUT2D eigenvalue weighted by atomic mass is 35.5. The number of aromatic nitrogens is 1. The second-order valence-corrected chi connectivity index (χ2v) is 8.11. The van der Waals surface area contributed by atoms with Crippen molar-refractivity contribution in [2.75, 3.05) is 13.1 Å². The molecule has 0 spiro atoms. The van der Waals surface area contributed by atoms with E-state index in [2.05, 4.69) is 30.2 Å². The topological polar surface area (TPSA) is 54.5 Å². The van der Waals surface area contributed by atoms with Crippen LogP contribution in [0.1, 0.15) is 57.2 Å². The smallest absolute Gasteiger partial charge is 0.263 e. The number of pyridine rings is 1. The van der Waals surface area contributed by atoms with Crippen LogP contribution >= 0.6 is 12.4 Å². The molecule has 164 valence electrons. The van der Waals surface area contributed by atoms with E-state index < -0.39 is 6.10 Å². The highest BCUT2D eigenvalue weighted by Crippen LogP contribution is 2.23. The van der Waals surface area contributed by atoms with Crippen molar-refractivity contribution in [3.8, 4) is 5.75 Å². The van der Waals surface area contributed by atoms with Crippen LogP contribution in [0.3, 0.4) is 0 Å². The molecule has 1 fully saturated rings. The van der Waals surface area contributed by atoms with Crippen molar-refractivity contribution < 1.29 is 9.53 Å². The van der Waals surface area contributed by atoms with E-state index in [1.165, 1.54) is 5.56 Å². The van der Waals surface area contributed by atoms with Crippen LogP contribution < -0.4 is 10.1 Å². The number of carbonyl (C=O) groups is 1. The molecule has 1 aromatic heterocycles. The Hall–Kier alpha value is -2.11. The third-order valence-electron chi connectivity index (χ3n) is 5.51. The molecule has 2 heterocycles. The maximum absolute atomic E-state index is 13.4. The van der Waals surface area contributed by atoms with Crippen LogP contribution in [-0.2, 0) is 11.3 Å². The first-order valence-corrected chi connectivity index (χ1v) is 10.7. The Kier molecular flexibility index (Phi) is 9.60. The monoisotopic (exact) mass is 431 g/mol. The molecule has 30 heavy (non-hydrogen) atoms. The van der Waals surface area contributed by atoms with Gasteiger partial charge in [0.25, 0.3) is 5.91 Å². The van der Waals surface area contributed by atoms with Crippen LogP contribution in [0.5, 0.6) is 5.75 Å². The lowest BCUT2D eigenvalue weighted by Crippen LogP contribution is -2.46. The Morgan fingerprint density at radius 2 is 2.00 bits per heavy atom. The quantitative estimate of drug-likeness (QED) is 0.697. The summed E-state index contributed by atoms with van der Waals surface area (Å²) in [5, 5.41) is 3.44. The summed E-state index contributed by atoms with van der Waals surface area (Å²) in [5.74, 6) is 1.19. The highest BCUT2D eigenvalue weighted by Gasteiger charge is 2.29. The summed E-state index contributed by atoms with van der Waals surface area (Å²) in [6.07, 6.45) is 4.26. The fourth-order valence-electron chi connectivity index (χ4n) is 3.80. The van der Waals surface area contributed by atoms with E-state index in [1.54, 1.807) is 6.20 Å². The van der Waals surface area contributed by atoms with Gasteiger partial charge in [0, 0.05) is 12.2 Å². The number of carbonyl (C=O) groups excluding carboxylic acids is 1. The minimum atomic E-state index is -0.544. The average Bonchev–Trinajstić information content (AvgIpc) is 3.02. The summed E-state index contributed by atoms with van der Waals surface area (Å²) >= 11 is 0. The second kappa shape index (κ2) is 11.9. The van der Waals surface area contributed by atoms with Gasteiger partial charge >= 0.3 is 0 Å². The van der Waals surface area contributed by atoms with Crippen LogP contribution in [-0.4, -0.2) is 41.0 Å². The molecule has 2 aromatic rings. The Morgan fingerprint density at radius 1 is 1.17 bits per heavy atom. The van der Waals surface area contributed by atoms with Gasteiger partial charge in [0.05, 0.1) is 12.2 Å². The lowest BCUT2D eigenvalue weighted by atomic mass is 10.0. The molecule has 6 heteroatoms. The van der Waals surface area contributed by atoms with E-state index in [9.17, 15) is 4.79 Å². The number of hydrogen-bond donors (Lipinski definition) is 1. The molecular formula is C24H34ClN3O2. The SMILES string of the molecule is CC(Oc1cccc(C(C)C)c1)C(=O)N(Cc1ccccn1)C1CCCNCC1.Cl. The number of nitrogens with one attached hydrogen (secondary N) is 1. The van der Waals surface area contributed by atoms with Crippen molar-refractivity contribution in [3.05, 3.63) is 59.9 Å². The van der Waals surface area contributed by atoms with E-state index in [4.69, 9.17) is 4.74 Å². The molecule has 1 N–H and O–H groups in total. The van der Waals surface area contributed by atoms with Crippen molar-refractivity contribution in [2.24, 2.45) is 0 Å². The summed E-state index contributed by atoms with van der Waals surface area (Å²) < 4.78 is 6.08. The maximum Gasteiger partial charge on any atom is 0.263 e. The molecule has 0 aliphatic carbocycles. The third-order valence-corrected chi connectivity index (χ3v) is 5.51. The van der Waals surface area contributed by atoms with E-state index in [1.807, 2.05) is 48.2 Å². The molecule has 5 nitrogen and oxygen atoms in total. The fourth-order valence-corrected chi connectivity index (χ4v) is 3.80. The molecule has 2 unspecified atom stereocenters. The molecule has 3 rings (SSSR count). The summed E-state index contributed by atoms with van der Waals surface area (Å²) in [4.78, 5) is 19.9. The first kappa shape index (κ1) is 24.2. The molecule has 1 aromatic carbocycles. The van der Waals surface area contributed by atoms with Gasteiger partial charge in [0.15, 0.2) is 6.10 Å². The van der Waals surface area contributed by atoms with E-state index in [0.29, 0.717) is 12.5 Å². The predicted molar refractivity (Wildman–Crippen MR) is 123 cm³/mol. The number of rotatable bonds is 7. The zero-order valence-electron chi connectivity index (χ0n) is 18.2. The standard InChI is InChI=1S/C24H33N3O2.ClH/c1-18(2)20-8-6-11-23(16-20)29-19(3)24(28)27(17-21-9-4-5-14-26-21)22-10-7-13-25-15-12-22;/h4-6,8-9,11,14,16,18-19,22,25H,7,10,12-13,15,17H2,1-3H3;1H. The zero-order valence-corrected chi connectivity index (χ0v) is 19.0. The number of hydrogen-bond acceptors (Lipinski definition) is 4. The van der Waals surface area contributed by atoms with E-state index >= 15 is 0 Å². The Balaban J connectivity index is 0.00000320. The third kappa shape index (κ3) is 6.71. The molecule has 0 radical (unpaired) electrons. The maximum atomic E-state index is 13.4. The Morgan fingerprint density at radius 3 is 2.73 bits per heavy atom. The van der Waals surface area contributed by atoms with Gasteiger partial charge in [0.1, 0.15) is 5.75 Å². The fraction of sp³-hybridized carbons (Fsp3) is 0.500. The first-order chi connectivity index (χ1) is 14.0. The number of amides is 1. The van der Waals surface area contributed by atoms with Gasteiger partial charge < -0.3 is 15.0 Å². The van der Waals surface area contributed by atoms with Crippen LogP contribution in [0.25, 0.3) is 0 Å². The van der Waals surface area contributed by atoms with Gasteiger partial charge in [-0.2, -0.15) is 0 Å². The van der Waals surface area contributed by atoms with Gasteiger partial charge in [-0.05, 0) is 75.0 Å². The van der Waals surface area contributed by atoms with Crippen LogP contribution in [0.4, 0.5) is 0 Å². The number of nitrogens with zero attached hydrogens (tertiary/aromatic N) is 2. The summed E-state index contributed by atoms with van der Waals surface area (Å²) in [5.41, 5.74) is 2.12. The lowest BCUT2D eigenvalue weighted by molar-refractivity contribution is -0.141. The summed E-state index contributed by atoms with van der Waals surface area (Å²) in [7, 11) is 0. The number of benzene rings is 1. The van der Waals surface area contributed by atoms with Gasteiger partial charge in [0.2, 0.25) is 0 Å². The van der Waals surface area contributed by atoms with Crippen LogP contribution in [0.2, 0.25) is 0 Å². The molecule has 1 amide bonds. The average molecular weight is 432 g/mol. The number of ether oxygens (including phenoxy) is 1. The summed E-state index contributed by atoms with van der Waals surface area (Å²) in [6.45, 7) is 8.62. The molecule has 1 aliphatic heterocycles. The predicted octanol–water partition coefficient (Wildman–Crippen LogP) is 4.57. The van der Waals surface area contributed by atoms with Crippen molar-refractivity contribution >= 4 is 18.3 Å².